The first-order valence-electron chi connectivity index (χ1n) is 9.47. The lowest BCUT2D eigenvalue weighted by Gasteiger charge is -2.18. The monoisotopic (exact) mass is 346 g/mol. The van der Waals surface area contributed by atoms with Crippen molar-refractivity contribution >= 4 is 17.3 Å². The van der Waals surface area contributed by atoms with Crippen molar-refractivity contribution in [3.05, 3.63) is 11.4 Å². The fourth-order valence-corrected chi connectivity index (χ4v) is 3.05. The molecule has 1 aromatic heterocycles. The number of H-pyrrole nitrogens is 1. The van der Waals surface area contributed by atoms with E-state index in [0.29, 0.717) is 23.1 Å². The first-order valence-corrected chi connectivity index (χ1v) is 9.47. The van der Waals surface area contributed by atoms with Gasteiger partial charge in [-0.05, 0) is 49.4 Å². The first kappa shape index (κ1) is 19.7. The maximum Gasteiger partial charge on any atom is 0.274 e. The van der Waals surface area contributed by atoms with Gasteiger partial charge in [-0.2, -0.15) is 5.10 Å². The molecule has 1 amide bonds. The van der Waals surface area contributed by atoms with Crippen LogP contribution in [0.4, 0.5) is 5.69 Å². The van der Waals surface area contributed by atoms with Crippen molar-refractivity contribution in [1.82, 2.24) is 15.5 Å². The summed E-state index contributed by atoms with van der Waals surface area (Å²) in [6.45, 7) is 14.0. The number of aryl methyl sites for hydroxylation is 1. The Kier molecular flexibility index (Phi) is 6.07. The zero-order valence-electron chi connectivity index (χ0n) is 16.8. The van der Waals surface area contributed by atoms with Crippen LogP contribution >= 0.6 is 0 Å². The maximum absolute atomic E-state index is 12.3. The van der Waals surface area contributed by atoms with E-state index in [1.54, 1.807) is 0 Å². The highest BCUT2D eigenvalue weighted by Gasteiger charge is 2.23. The Labute approximate surface area is 152 Å². The molecule has 1 aromatic rings. The smallest absolute Gasteiger partial charge is 0.274 e. The molecule has 0 bridgehead atoms. The Balaban J connectivity index is 2.09. The lowest BCUT2D eigenvalue weighted by atomic mass is 9.89. The van der Waals surface area contributed by atoms with Crippen molar-refractivity contribution in [3.8, 4) is 0 Å². The van der Waals surface area contributed by atoms with Crippen LogP contribution in [-0.2, 0) is 6.42 Å². The summed E-state index contributed by atoms with van der Waals surface area (Å²) in [7, 11) is 0. The van der Waals surface area contributed by atoms with E-state index < -0.39 is 0 Å². The lowest BCUT2D eigenvalue weighted by molar-refractivity contribution is 0.0955. The average Bonchev–Trinajstić information content (AvgIpc) is 2.77. The molecule has 5 heteroatoms. The number of hydrogen-bond donors (Lipinski definition) is 2. The molecule has 0 saturated carbocycles. The van der Waals surface area contributed by atoms with E-state index in [9.17, 15) is 4.79 Å². The van der Waals surface area contributed by atoms with Gasteiger partial charge in [0.2, 0.25) is 0 Å². The summed E-state index contributed by atoms with van der Waals surface area (Å²) < 4.78 is 0. The van der Waals surface area contributed by atoms with E-state index in [-0.39, 0.29) is 5.91 Å². The standard InChI is InChI=1S/C20H34N4O/c1-19(2,3)11-7-9-14-13-21-18(25)17-16(22-14)15(23-24-17)10-8-12-20(4,5)6/h7-13H2,1-6H3,(H,21,25)(H,23,24). The molecule has 0 aliphatic carbocycles. The quantitative estimate of drug-likeness (QED) is 0.776. The van der Waals surface area contributed by atoms with Gasteiger partial charge < -0.3 is 5.32 Å². The molecule has 25 heavy (non-hydrogen) atoms. The van der Waals surface area contributed by atoms with Crippen LogP contribution in [0.1, 0.15) is 89.8 Å². The molecule has 0 aromatic carbocycles. The fourth-order valence-electron chi connectivity index (χ4n) is 3.05. The maximum atomic E-state index is 12.3. The third-order valence-electron chi connectivity index (χ3n) is 4.50. The molecular weight excluding hydrogens is 312 g/mol. The van der Waals surface area contributed by atoms with E-state index >= 15 is 0 Å². The van der Waals surface area contributed by atoms with Gasteiger partial charge in [0.15, 0.2) is 5.69 Å². The van der Waals surface area contributed by atoms with E-state index in [1.807, 2.05) is 0 Å². The molecule has 5 nitrogen and oxygen atoms in total. The number of fused-ring (bicyclic) bond motifs is 1. The summed E-state index contributed by atoms with van der Waals surface area (Å²) in [5, 5.41) is 10.2. The topological polar surface area (TPSA) is 70.1 Å². The summed E-state index contributed by atoms with van der Waals surface area (Å²) in [5.41, 5.74) is 3.88. The van der Waals surface area contributed by atoms with Gasteiger partial charge in [-0.15, -0.1) is 0 Å². The van der Waals surface area contributed by atoms with E-state index in [4.69, 9.17) is 4.99 Å². The van der Waals surface area contributed by atoms with Crippen LogP contribution in [0.2, 0.25) is 0 Å². The number of hydrogen-bond acceptors (Lipinski definition) is 3. The minimum Gasteiger partial charge on any atom is -0.345 e. The van der Waals surface area contributed by atoms with Crippen molar-refractivity contribution in [2.75, 3.05) is 6.54 Å². The fraction of sp³-hybridized carbons (Fsp3) is 0.750. The number of aromatic nitrogens is 2. The van der Waals surface area contributed by atoms with Crippen LogP contribution in [0.3, 0.4) is 0 Å². The summed E-state index contributed by atoms with van der Waals surface area (Å²) in [5.74, 6) is -0.122. The number of nitrogens with one attached hydrogen (secondary N) is 2. The van der Waals surface area contributed by atoms with Gasteiger partial charge in [-0.25, -0.2) is 0 Å². The Morgan fingerprint density at radius 1 is 0.960 bits per heavy atom. The van der Waals surface area contributed by atoms with Crippen molar-refractivity contribution in [1.29, 1.82) is 0 Å². The number of nitrogens with zero attached hydrogens (tertiary/aromatic N) is 2. The van der Waals surface area contributed by atoms with Gasteiger partial charge in [0.05, 0.1) is 12.2 Å². The average molecular weight is 347 g/mol. The first-order chi connectivity index (χ1) is 11.6. The van der Waals surface area contributed by atoms with Crippen LogP contribution < -0.4 is 5.32 Å². The number of aliphatic imine (C=N–C) groups is 1. The molecule has 0 unspecified atom stereocenters. The number of carbonyl (C=O) groups excluding carboxylic acids is 1. The molecule has 2 heterocycles. The van der Waals surface area contributed by atoms with Crippen molar-refractivity contribution in [2.45, 2.75) is 80.1 Å². The molecule has 0 saturated heterocycles. The minimum atomic E-state index is -0.122. The van der Waals surface area contributed by atoms with Crippen LogP contribution in [-0.4, -0.2) is 28.4 Å². The van der Waals surface area contributed by atoms with Crippen LogP contribution in [0.15, 0.2) is 4.99 Å². The molecule has 0 fully saturated rings. The molecule has 0 radical (unpaired) electrons. The lowest BCUT2D eigenvalue weighted by Crippen LogP contribution is -2.28. The third-order valence-corrected chi connectivity index (χ3v) is 4.50. The SMILES string of the molecule is CC(C)(C)CCCC1=Nc2c(n[nH]c2CCCC(C)(C)C)C(=O)NC1. The highest BCUT2D eigenvalue weighted by atomic mass is 16.2. The minimum absolute atomic E-state index is 0.122. The Hall–Kier alpha value is -1.65. The van der Waals surface area contributed by atoms with Gasteiger partial charge in [-0.3, -0.25) is 14.9 Å². The van der Waals surface area contributed by atoms with Crippen molar-refractivity contribution in [2.24, 2.45) is 15.8 Å². The number of carbonyl (C=O) groups is 1. The van der Waals surface area contributed by atoms with Crippen molar-refractivity contribution in [3.63, 3.8) is 0 Å². The van der Waals surface area contributed by atoms with Crippen molar-refractivity contribution < 1.29 is 4.79 Å². The predicted molar refractivity (Wildman–Crippen MR) is 104 cm³/mol. The summed E-state index contributed by atoms with van der Waals surface area (Å²) in [6.07, 6.45) is 6.24. The second kappa shape index (κ2) is 7.71. The predicted octanol–water partition coefficient (Wildman–Crippen LogP) is 4.81. The highest BCUT2D eigenvalue weighted by Crippen LogP contribution is 2.29. The molecule has 1 aliphatic rings. The van der Waals surface area contributed by atoms with E-state index in [1.165, 1.54) is 0 Å². The molecule has 2 N–H and O–H groups in total. The second-order valence-electron chi connectivity index (χ2n) is 9.59. The van der Waals surface area contributed by atoms with Crippen LogP contribution in [0.5, 0.6) is 0 Å². The molecule has 140 valence electrons. The largest absolute Gasteiger partial charge is 0.345 e. The van der Waals surface area contributed by atoms with Gasteiger partial charge in [0.1, 0.15) is 5.69 Å². The normalized spacial score (nSPS) is 15.4. The molecule has 0 spiro atoms. The third kappa shape index (κ3) is 6.29. The van der Waals surface area contributed by atoms with Gasteiger partial charge in [0.25, 0.3) is 5.91 Å². The van der Waals surface area contributed by atoms with Crippen LogP contribution in [0.25, 0.3) is 0 Å². The number of amides is 1. The van der Waals surface area contributed by atoms with E-state index in [2.05, 4.69) is 57.1 Å². The summed E-state index contributed by atoms with van der Waals surface area (Å²) in [4.78, 5) is 17.1. The van der Waals surface area contributed by atoms with Crippen LogP contribution in [0, 0.1) is 10.8 Å². The van der Waals surface area contributed by atoms with Gasteiger partial charge in [0, 0.05) is 5.71 Å². The van der Waals surface area contributed by atoms with Gasteiger partial charge in [-0.1, -0.05) is 41.5 Å². The summed E-state index contributed by atoms with van der Waals surface area (Å²) >= 11 is 0. The Bertz CT molecular complexity index is 629. The molecular formula is C20H34N4O. The Morgan fingerprint density at radius 3 is 2.16 bits per heavy atom. The Morgan fingerprint density at radius 2 is 1.56 bits per heavy atom. The summed E-state index contributed by atoms with van der Waals surface area (Å²) in [6, 6.07) is 0. The number of aromatic amines is 1. The molecule has 1 aliphatic heterocycles. The molecule has 2 rings (SSSR count). The highest BCUT2D eigenvalue weighted by molar-refractivity contribution is 6.04. The zero-order valence-corrected chi connectivity index (χ0v) is 16.8. The van der Waals surface area contributed by atoms with Gasteiger partial charge >= 0.3 is 0 Å². The van der Waals surface area contributed by atoms with E-state index in [0.717, 1.165) is 55.6 Å². The zero-order chi connectivity index (χ0) is 18.7. The molecule has 0 atom stereocenters. The number of rotatable bonds is 6. The second-order valence-corrected chi connectivity index (χ2v) is 9.59.